The van der Waals surface area contributed by atoms with Crippen molar-refractivity contribution in [3.8, 4) is 11.8 Å². The third kappa shape index (κ3) is 5.29. The SMILES string of the molecule is N#C/C(=C/Nc1ccccc1O)C(=O)NCCN1CCNCC1. The quantitative estimate of drug-likeness (QED) is 0.341. The van der Waals surface area contributed by atoms with Crippen molar-refractivity contribution < 1.29 is 9.90 Å². The van der Waals surface area contributed by atoms with Crippen LogP contribution in [0.5, 0.6) is 5.75 Å². The number of nitriles is 1. The molecule has 1 saturated heterocycles. The Balaban J connectivity index is 1.82. The van der Waals surface area contributed by atoms with Gasteiger partial charge in [0, 0.05) is 45.5 Å². The standard InChI is InChI=1S/C16H21N5O2/c17-11-13(12-20-14-3-1-2-4-15(14)22)16(23)19-7-10-21-8-5-18-6-9-21/h1-4,12,18,20,22H,5-10H2,(H,19,23)/b13-12-. The van der Waals surface area contributed by atoms with Crippen LogP contribution in [0.3, 0.4) is 0 Å². The first kappa shape index (κ1) is 16.8. The van der Waals surface area contributed by atoms with E-state index < -0.39 is 5.91 Å². The average molecular weight is 315 g/mol. The van der Waals surface area contributed by atoms with Crippen LogP contribution in [0.2, 0.25) is 0 Å². The number of phenols is 1. The van der Waals surface area contributed by atoms with Crippen LogP contribution in [0.1, 0.15) is 0 Å². The summed E-state index contributed by atoms with van der Waals surface area (Å²) in [5, 5.41) is 27.5. The van der Waals surface area contributed by atoms with Gasteiger partial charge < -0.3 is 21.1 Å². The van der Waals surface area contributed by atoms with Gasteiger partial charge in [0.05, 0.1) is 5.69 Å². The smallest absolute Gasteiger partial charge is 0.263 e. The van der Waals surface area contributed by atoms with Crippen molar-refractivity contribution in [2.45, 2.75) is 0 Å². The maximum atomic E-state index is 12.0. The number of carbonyl (C=O) groups excluding carboxylic acids is 1. The first-order valence-corrected chi connectivity index (χ1v) is 7.57. The molecule has 1 aromatic carbocycles. The lowest BCUT2D eigenvalue weighted by Gasteiger charge is -2.27. The van der Waals surface area contributed by atoms with Crippen molar-refractivity contribution in [3.05, 3.63) is 36.0 Å². The van der Waals surface area contributed by atoms with E-state index in [9.17, 15) is 9.90 Å². The molecule has 1 fully saturated rings. The predicted molar refractivity (Wildman–Crippen MR) is 87.7 cm³/mol. The molecule has 0 bridgehead atoms. The van der Waals surface area contributed by atoms with Crippen LogP contribution in [-0.4, -0.2) is 55.2 Å². The van der Waals surface area contributed by atoms with Crippen molar-refractivity contribution in [2.24, 2.45) is 0 Å². The van der Waals surface area contributed by atoms with E-state index in [1.54, 1.807) is 18.2 Å². The number of nitrogens with one attached hydrogen (secondary N) is 3. The molecule has 0 radical (unpaired) electrons. The molecule has 0 aromatic heterocycles. The third-order valence-electron chi connectivity index (χ3n) is 3.56. The van der Waals surface area contributed by atoms with Gasteiger partial charge in [0.25, 0.3) is 5.91 Å². The number of para-hydroxylation sites is 2. The lowest BCUT2D eigenvalue weighted by Crippen LogP contribution is -2.46. The lowest BCUT2D eigenvalue weighted by atomic mass is 10.2. The molecule has 0 saturated carbocycles. The first-order chi connectivity index (χ1) is 11.2. The van der Waals surface area contributed by atoms with Crippen molar-refractivity contribution in [2.75, 3.05) is 44.6 Å². The molecule has 0 atom stereocenters. The molecule has 23 heavy (non-hydrogen) atoms. The number of benzene rings is 1. The van der Waals surface area contributed by atoms with E-state index in [1.165, 1.54) is 12.3 Å². The van der Waals surface area contributed by atoms with Crippen LogP contribution < -0.4 is 16.0 Å². The Bertz CT molecular complexity index is 603. The molecule has 7 heteroatoms. The Labute approximate surface area is 135 Å². The Kier molecular flexibility index (Phi) is 6.41. The van der Waals surface area contributed by atoms with Crippen LogP contribution in [0, 0.1) is 11.3 Å². The highest BCUT2D eigenvalue weighted by Crippen LogP contribution is 2.21. The van der Waals surface area contributed by atoms with Crippen molar-refractivity contribution in [1.82, 2.24) is 15.5 Å². The summed E-state index contributed by atoms with van der Waals surface area (Å²) in [7, 11) is 0. The second kappa shape index (κ2) is 8.78. The van der Waals surface area contributed by atoms with Gasteiger partial charge in [-0.05, 0) is 12.1 Å². The largest absolute Gasteiger partial charge is 0.506 e. The lowest BCUT2D eigenvalue weighted by molar-refractivity contribution is -0.117. The maximum Gasteiger partial charge on any atom is 0.263 e. The Morgan fingerprint density at radius 1 is 1.39 bits per heavy atom. The molecular weight excluding hydrogens is 294 g/mol. The monoisotopic (exact) mass is 315 g/mol. The van der Waals surface area contributed by atoms with Crippen LogP contribution in [0.4, 0.5) is 5.69 Å². The summed E-state index contributed by atoms with van der Waals surface area (Å²) < 4.78 is 0. The number of hydrogen-bond acceptors (Lipinski definition) is 6. The summed E-state index contributed by atoms with van der Waals surface area (Å²) in [6.45, 7) is 5.11. The van der Waals surface area contributed by atoms with E-state index >= 15 is 0 Å². The molecule has 1 aliphatic heterocycles. The molecule has 2 rings (SSSR count). The van der Waals surface area contributed by atoms with Gasteiger partial charge in [-0.15, -0.1) is 0 Å². The number of anilines is 1. The third-order valence-corrected chi connectivity index (χ3v) is 3.56. The van der Waals surface area contributed by atoms with E-state index in [2.05, 4.69) is 20.9 Å². The number of aromatic hydroxyl groups is 1. The van der Waals surface area contributed by atoms with E-state index in [0.717, 1.165) is 32.7 Å². The number of amides is 1. The Hall–Kier alpha value is -2.56. The summed E-state index contributed by atoms with van der Waals surface area (Å²) in [6.07, 6.45) is 1.30. The van der Waals surface area contributed by atoms with Crippen LogP contribution in [0.15, 0.2) is 36.0 Å². The van der Waals surface area contributed by atoms with Gasteiger partial charge >= 0.3 is 0 Å². The normalized spacial score (nSPS) is 15.7. The van der Waals surface area contributed by atoms with Gasteiger partial charge in [-0.25, -0.2) is 0 Å². The van der Waals surface area contributed by atoms with Gasteiger partial charge in [-0.3, -0.25) is 9.69 Å². The van der Waals surface area contributed by atoms with E-state index in [1.807, 2.05) is 6.07 Å². The van der Waals surface area contributed by atoms with Gasteiger partial charge in [-0.2, -0.15) is 5.26 Å². The zero-order valence-electron chi connectivity index (χ0n) is 12.9. The summed E-state index contributed by atoms with van der Waals surface area (Å²) in [6, 6.07) is 8.48. The molecule has 1 aromatic rings. The first-order valence-electron chi connectivity index (χ1n) is 7.57. The van der Waals surface area contributed by atoms with Gasteiger partial charge in [0.15, 0.2) is 0 Å². The second-order valence-corrected chi connectivity index (χ2v) is 5.18. The average Bonchev–Trinajstić information content (AvgIpc) is 2.58. The van der Waals surface area contributed by atoms with Crippen molar-refractivity contribution in [3.63, 3.8) is 0 Å². The molecule has 1 amide bonds. The highest BCUT2D eigenvalue weighted by molar-refractivity contribution is 5.97. The number of phenolic OH excluding ortho intramolecular Hbond substituents is 1. The highest BCUT2D eigenvalue weighted by Gasteiger charge is 2.11. The summed E-state index contributed by atoms with van der Waals surface area (Å²) in [5.74, 6) is -0.370. The van der Waals surface area contributed by atoms with Crippen LogP contribution in [0.25, 0.3) is 0 Å². The van der Waals surface area contributed by atoms with Gasteiger partial charge in [0.2, 0.25) is 0 Å². The van der Waals surface area contributed by atoms with Crippen molar-refractivity contribution >= 4 is 11.6 Å². The number of hydrogen-bond donors (Lipinski definition) is 4. The molecule has 0 aliphatic carbocycles. The summed E-state index contributed by atoms with van der Waals surface area (Å²) >= 11 is 0. The maximum absolute atomic E-state index is 12.0. The number of nitrogens with zero attached hydrogens (tertiary/aromatic N) is 2. The number of piperazine rings is 1. The van der Waals surface area contributed by atoms with Gasteiger partial charge in [0.1, 0.15) is 17.4 Å². The second-order valence-electron chi connectivity index (χ2n) is 5.18. The van der Waals surface area contributed by atoms with E-state index in [0.29, 0.717) is 12.2 Å². The molecular formula is C16H21N5O2. The van der Waals surface area contributed by atoms with E-state index in [4.69, 9.17) is 5.26 Å². The van der Waals surface area contributed by atoms with Crippen LogP contribution >= 0.6 is 0 Å². The minimum Gasteiger partial charge on any atom is -0.506 e. The molecule has 4 N–H and O–H groups in total. The Morgan fingerprint density at radius 3 is 2.83 bits per heavy atom. The minimum atomic E-state index is -0.425. The molecule has 0 unspecified atom stereocenters. The van der Waals surface area contributed by atoms with Gasteiger partial charge in [-0.1, -0.05) is 12.1 Å². The summed E-state index contributed by atoms with van der Waals surface area (Å²) in [4.78, 5) is 14.2. The molecule has 0 spiro atoms. The fraction of sp³-hybridized carbons (Fsp3) is 0.375. The molecule has 1 heterocycles. The zero-order chi connectivity index (χ0) is 16.5. The number of carbonyl (C=O) groups is 1. The fourth-order valence-corrected chi connectivity index (χ4v) is 2.25. The predicted octanol–water partition coefficient (Wildman–Crippen LogP) is 0.233. The molecule has 7 nitrogen and oxygen atoms in total. The molecule has 122 valence electrons. The minimum absolute atomic E-state index is 0.0337. The summed E-state index contributed by atoms with van der Waals surface area (Å²) in [5.41, 5.74) is 0.405. The topological polar surface area (TPSA) is 100 Å². The molecule has 1 aliphatic rings. The number of rotatable bonds is 6. The Morgan fingerprint density at radius 2 is 2.13 bits per heavy atom. The zero-order valence-corrected chi connectivity index (χ0v) is 12.9. The fourth-order valence-electron chi connectivity index (χ4n) is 2.25. The van der Waals surface area contributed by atoms with Crippen molar-refractivity contribution in [1.29, 1.82) is 5.26 Å². The van der Waals surface area contributed by atoms with Crippen LogP contribution in [-0.2, 0) is 4.79 Å². The highest BCUT2D eigenvalue weighted by atomic mass is 16.3. The van der Waals surface area contributed by atoms with E-state index in [-0.39, 0.29) is 11.3 Å².